The van der Waals surface area contributed by atoms with E-state index in [1.807, 2.05) is 47.4 Å². The molecule has 1 fully saturated rings. The van der Waals surface area contributed by atoms with Gasteiger partial charge in [-0.15, -0.1) is 0 Å². The number of hydrogen-bond donors (Lipinski definition) is 0. The standard InChI is InChI=1S/C19H18N2O2/c22-19(21-11-4-1-5-12-21)15-8-6-10-20-18(15)17-13-14-7-2-3-9-16(14)23-17/h2-3,6-10,13H,1,4-5,11-12H2. The summed E-state index contributed by atoms with van der Waals surface area (Å²) >= 11 is 0. The number of nitrogens with zero attached hydrogens (tertiary/aromatic N) is 2. The van der Waals surface area contributed by atoms with Crippen molar-refractivity contribution in [2.75, 3.05) is 13.1 Å². The van der Waals surface area contributed by atoms with Crippen LogP contribution in [0.4, 0.5) is 0 Å². The Bertz CT molecular complexity index is 814. The number of carbonyl (C=O) groups is 1. The van der Waals surface area contributed by atoms with E-state index in [1.54, 1.807) is 6.20 Å². The van der Waals surface area contributed by atoms with Crippen LogP contribution >= 0.6 is 0 Å². The highest BCUT2D eigenvalue weighted by molar-refractivity contribution is 6.00. The van der Waals surface area contributed by atoms with Crippen molar-refractivity contribution >= 4 is 16.9 Å². The highest BCUT2D eigenvalue weighted by Gasteiger charge is 2.23. The summed E-state index contributed by atoms with van der Waals surface area (Å²) in [5, 5.41) is 1.02. The molecule has 3 aromatic rings. The second-order valence-corrected chi connectivity index (χ2v) is 5.90. The molecule has 0 atom stereocenters. The van der Waals surface area contributed by atoms with Crippen LogP contribution in [0.5, 0.6) is 0 Å². The Morgan fingerprint density at radius 3 is 2.70 bits per heavy atom. The molecule has 0 unspecified atom stereocenters. The van der Waals surface area contributed by atoms with Crippen molar-refractivity contribution in [3.8, 4) is 11.5 Å². The Kier molecular flexibility index (Phi) is 3.58. The quantitative estimate of drug-likeness (QED) is 0.715. The van der Waals surface area contributed by atoms with Crippen LogP contribution in [0.1, 0.15) is 29.6 Å². The van der Waals surface area contributed by atoms with E-state index in [0.29, 0.717) is 17.0 Å². The molecule has 1 aromatic carbocycles. The Hall–Kier alpha value is -2.62. The number of aromatic nitrogens is 1. The molecule has 0 radical (unpaired) electrons. The van der Waals surface area contributed by atoms with E-state index in [0.717, 1.165) is 36.9 Å². The summed E-state index contributed by atoms with van der Waals surface area (Å²) < 4.78 is 5.90. The Labute approximate surface area is 134 Å². The molecular weight excluding hydrogens is 288 g/mol. The minimum absolute atomic E-state index is 0.0493. The van der Waals surface area contributed by atoms with Crippen LogP contribution in [0.15, 0.2) is 53.1 Å². The van der Waals surface area contributed by atoms with E-state index in [9.17, 15) is 4.79 Å². The zero-order valence-electron chi connectivity index (χ0n) is 12.9. The normalized spacial score (nSPS) is 15.0. The third kappa shape index (κ3) is 2.61. The van der Waals surface area contributed by atoms with Gasteiger partial charge in [0.05, 0.1) is 5.56 Å². The van der Waals surface area contributed by atoms with Gasteiger partial charge in [0.25, 0.3) is 5.91 Å². The van der Waals surface area contributed by atoms with Gasteiger partial charge >= 0.3 is 0 Å². The lowest BCUT2D eigenvalue weighted by Crippen LogP contribution is -2.35. The van der Waals surface area contributed by atoms with Gasteiger partial charge in [-0.2, -0.15) is 0 Å². The number of likely N-dealkylation sites (tertiary alicyclic amines) is 1. The van der Waals surface area contributed by atoms with E-state index in [1.165, 1.54) is 6.42 Å². The fraction of sp³-hybridized carbons (Fsp3) is 0.263. The van der Waals surface area contributed by atoms with Crippen LogP contribution < -0.4 is 0 Å². The summed E-state index contributed by atoms with van der Waals surface area (Å²) in [6.45, 7) is 1.65. The van der Waals surface area contributed by atoms with Crippen molar-refractivity contribution in [3.05, 3.63) is 54.2 Å². The lowest BCUT2D eigenvalue weighted by atomic mass is 10.1. The van der Waals surface area contributed by atoms with Gasteiger partial charge in [0.15, 0.2) is 5.76 Å². The maximum absolute atomic E-state index is 12.9. The molecule has 3 heterocycles. The number of furan rings is 1. The Morgan fingerprint density at radius 2 is 1.87 bits per heavy atom. The number of pyridine rings is 1. The summed E-state index contributed by atoms with van der Waals surface area (Å²) in [4.78, 5) is 19.2. The maximum Gasteiger partial charge on any atom is 0.256 e. The average Bonchev–Trinajstić information content (AvgIpc) is 3.06. The number of carbonyl (C=O) groups excluding carboxylic acids is 1. The molecule has 1 aliphatic rings. The summed E-state index contributed by atoms with van der Waals surface area (Å²) in [5.74, 6) is 0.695. The van der Waals surface area contributed by atoms with Gasteiger partial charge < -0.3 is 9.32 Å². The van der Waals surface area contributed by atoms with Crippen LogP contribution in [0.3, 0.4) is 0 Å². The van der Waals surface area contributed by atoms with Crippen LogP contribution in [0.2, 0.25) is 0 Å². The lowest BCUT2D eigenvalue weighted by molar-refractivity contribution is 0.0724. The highest BCUT2D eigenvalue weighted by atomic mass is 16.3. The smallest absolute Gasteiger partial charge is 0.256 e. The zero-order valence-corrected chi connectivity index (χ0v) is 12.9. The summed E-state index contributed by atoms with van der Waals surface area (Å²) in [5.41, 5.74) is 2.05. The molecule has 4 heteroatoms. The van der Waals surface area contributed by atoms with Gasteiger partial charge in [0.1, 0.15) is 11.3 Å². The van der Waals surface area contributed by atoms with E-state index in [-0.39, 0.29) is 5.91 Å². The molecule has 0 N–H and O–H groups in total. The van der Waals surface area contributed by atoms with Crippen molar-refractivity contribution in [2.45, 2.75) is 19.3 Å². The molecule has 2 aromatic heterocycles. The molecular formula is C19H18N2O2. The number of piperidine rings is 1. The fourth-order valence-electron chi connectivity index (χ4n) is 3.14. The molecule has 23 heavy (non-hydrogen) atoms. The highest BCUT2D eigenvalue weighted by Crippen LogP contribution is 2.29. The predicted octanol–water partition coefficient (Wildman–Crippen LogP) is 4.12. The molecule has 1 aliphatic heterocycles. The Balaban J connectivity index is 1.75. The van der Waals surface area contributed by atoms with E-state index >= 15 is 0 Å². The number of benzene rings is 1. The molecule has 0 saturated carbocycles. The first-order chi connectivity index (χ1) is 11.3. The number of amides is 1. The molecule has 1 amide bonds. The minimum Gasteiger partial charge on any atom is -0.454 e. The van der Waals surface area contributed by atoms with Crippen molar-refractivity contribution in [1.29, 1.82) is 0 Å². The van der Waals surface area contributed by atoms with E-state index in [4.69, 9.17) is 4.42 Å². The number of para-hydroxylation sites is 1. The third-order valence-electron chi connectivity index (χ3n) is 4.34. The van der Waals surface area contributed by atoms with Crippen LogP contribution in [0, 0.1) is 0 Å². The second-order valence-electron chi connectivity index (χ2n) is 5.90. The SMILES string of the molecule is O=C(c1cccnc1-c1cc2ccccc2o1)N1CCCCC1. The van der Waals surface area contributed by atoms with Crippen LogP contribution in [0.25, 0.3) is 22.4 Å². The average molecular weight is 306 g/mol. The van der Waals surface area contributed by atoms with Gasteiger partial charge in [-0.05, 0) is 43.5 Å². The van der Waals surface area contributed by atoms with E-state index < -0.39 is 0 Å². The molecule has 0 aliphatic carbocycles. The second kappa shape index (κ2) is 5.88. The largest absolute Gasteiger partial charge is 0.454 e. The van der Waals surface area contributed by atoms with E-state index in [2.05, 4.69) is 4.98 Å². The molecule has 116 valence electrons. The number of fused-ring (bicyclic) bond motifs is 1. The van der Waals surface area contributed by atoms with Crippen molar-refractivity contribution in [1.82, 2.24) is 9.88 Å². The Morgan fingerprint density at radius 1 is 1.04 bits per heavy atom. The van der Waals surface area contributed by atoms with Gasteiger partial charge in [-0.1, -0.05) is 18.2 Å². The van der Waals surface area contributed by atoms with Crippen molar-refractivity contribution in [2.24, 2.45) is 0 Å². The fourth-order valence-corrected chi connectivity index (χ4v) is 3.14. The molecule has 4 nitrogen and oxygen atoms in total. The summed E-state index contributed by atoms with van der Waals surface area (Å²) in [6, 6.07) is 13.4. The number of rotatable bonds is 2. The molecule has 0 spiro atoms. The van der Waals surface area contributed by atoms with Crippen molar-refractivity contribution < 1.29 is 9.21 Å². The third-order valence-corrected chi connectivity index (χ3v) is 4.34. The topological polar surface area (TPSA) is 46.3 Å². The van der Waals surface area contributed by atoms with Crippen LogP contribution in [-0.4, -0.2) is 28.9 Å². The van der Waals surface area contributed by atoms with Gasteiger partial charge in [0, 0.05) is 24.7 Å². The predicted molar refractivity (Wildman–Crippen MR) is 89.2 cm³/mol. The van der Waals surface area contributed by atoms with Gasteiger partial charge in [-0.25, -0.2) is 0 Å². The minimum atomic E-state index is 0.0493. The maximum atomic E-state index is 12.9. The lowest BCUT2D eigenvalue weighted by Gasteiger charge is -2.27. The monoisotopic (exact) mass is 306 g/mol. The first-order valence-electron chi connectivity index (χ1n) is 8.06. The van der Waals surface area contributed by atoms with Gasteiger partial charge in [0.2, 0.25) is 0 Å². The summed E-state index contributed by atoms with van der Waals surface area (Å²) in [6.07, 6.45) is 5.06. The molecule has 4 rings (SSSR count). The van der Waals surface area contributed by atoms with Crippen LogP contribution in [-0.2, 0) is 0 Å². The molecule has 1 saturated heterocycles. The number of hydrogen-bond acceptors (Lipinski definition) is 3. The summed E-state index contributed by atoms with van der Waals surface area (Å²) in [7, 11) is 0. The van der Waals surface area contributed by atoms with Gasteiger partial charge in [-0.3, -0.25) is 9.78 Å². The zero-order chi connectivity index (χ0) is 15.6. The molecule has 0 bridgehead atoms. The first kappa shape index (κ1) is 14.0. The first-order valence-corrected chi connectivity index (χ1v) is 8.06. The van der Waals surface area contributed by atoms with Crippen molar-refractivity contribution in [3.63, 3.8) is 0 Å².